The van der Waals surface area contributed by atoms with Crippen LogP contribution in [0.3, 0.4) is 0 Å². The monoisotopic (exact) mass is 1200 g/mol. The minimum Gasteiger partial charge on any atom is -0.452 e. The highest BCUT2D eigenvalue weighted by molar-refractivity contribution is 6.61. The van der Waals surface area contributed by atoms with Gasteiger partial charge in [-0.2, -0.15) is 10.2 Å². The molecular formula is C70H54Cl2N8O8. The number of nitrogens with zero attached hydrogens (tertiary/aromatic N) is 7. The zero-order valence-electron chi connectivity index (χ0n) is 47.0. The predicted molar refractivity (Wildman–Crippen MR) is 344 cm³/mol. The van der Waals surface area contributed by atoms with Gasteiger partial charge in [-0.15, -0.1) is 11.6 Å². The first-order valence-electron chi connectivity index (χ1n) is 27.9. The number of nitro groups is 2. The van der Waals surface area contributed by atoms with Gasteiger partial charge in [0.2, 0.25) is 0 Å². The van der Waals surface area contributed by atoms with Crippen molar-refractivity contribution in [3.8, 4) is 22.5 Å². The van der Waals surface area contributed by atoms with Crippen molar-refractivity contribution in [3.05, 3.63) is 321 Å². The van der Waals surface area contributed by atoms with Gasteiger partial charge in [-0.25, -0.2) is 19.0 Å². The first-order chi connectivity index (χ1) is 42.9. The third kappa shape index (κ3) is 11.5. The molecule has 0 spiro atoms. The number of anilines is 2. The molecule has 1 aliphatic heterocycles. The van der Waals surface area contributed by atoms with Crippen molar-refractivity contribution in [2.75, 3.05) is 36.3 Å². The zero-order valence-corrected chi connectivity index (χ0v) is 48.5. The Bertz CT molecular complexity index is 4220. The number of hydrogen-bond acceptors (Lipinski definition) is 11. The second-order valence-electron chi connectivity index (χ2n) is 20.3. The fourth-order valence-electron chi connectivity index (χ4n) is 11.4. The van der Waals surface area contributed by atoms with Crippen LogP contribution < -0.4 is 10.6 Å². The first-order valence-corrected chi connectivity index (χ1v) is 28.8. The van der Waals surface area contributed by atoms with E-state index in [0.717, 1.165) is 55.5 Å². The third-order valence-electron chi connectivity index (χ3n) is 15.2. The van der Waals surface area contributed by atoms with Crippen molar-refractivity contribution in [3.63, 3.8) is 0 Å². The van der Waals surface area contributed by atoms with Gasteiger partial charge >= 0.3 is 11.5 Å². The predicted octanol–water partition coefficient (Wildman–Crippen LogP) is 16.0. The number of benzene rings is 10. The number of cyclic esters (lactones) is 1. The van der Waals surface area contributed by atoms with Crippen LogP contribution in [0.15, 0.2) is 267 Å². The summed E-state index contributed by atoms with van der Waals surface area (Å²) in [4.78, 5) is 46.3. The summed E-state index contributed by atoms with van der Waals surface area (Å²) in [6.45, 7) is 1.01. The van der Waals surface area contributed by atoms with Crippen molar-refractivity contribution in [2.24, 2.45) is 0 Å². The highest BCUT2D eigenvalue weighted by Crippen LogP contribution is 2.47. The van der Waals surface area contributed by atoms with Crippen molar-refractivity contribution in [1.29, 1.82) is 0 Å². The molecule has 10 aromatic carbocycles. The van der Waals surface area contributed by atoms with Gasteiger partial charge < -0.3 is 15.2 Å². The molecule has 18 heteroatoms. The molecule has 0 aliphatic carbocycles. The van der Waals surface area contributed by atoms with Crippen LogP contribution in [0.2, 0.25) is 0 Å². The fourth-order valence-corrected chi connectivity index (χ4v) is 11.5. The Morgan fingerprint density at radius 1 is 0.523 bits per heavy atom. The average molecular weight is 1210 g/mol. The van der Waals surface area contributed by atoms with E-state index in [9.17, 15) is 29.8 Å². The number of carbonyl (C=O) groups is 2. The van der Waals surface area contributed by atoms with Crippen molar-refractivity contribution in [1.82, 2.24) is 19.6 Å². The summed E-state index contributed by atoms with van der Waals surface area (Å²) in [5, 5.41) is 35.6. The van der Waals surface area contributed by atoms with Gasteiger partial charge in [0.25, 0.3) is 11.4 Å². The SMILES string of the molecule is Nc1ccc(-c2nn(C(c3ccccc3)(c3ccccc3)c3ccccc3)c3ccc([N+](=O)[O-])cc23)cc1.O=C(Cl)OCCCl.O=C1OCCN1c1ccc(-c2nn(C(c3ccccc3)(c3ccccc3)c3ccccc3)c3ccc([N+](=O)[O-])cc23)cc1. The van der Waals surface area contributed by atoms with Crippen LogP contribution in [0, 0.1) is 20.2 Å². The number of fused-ring (bicyclic) bond motifs is 2. The van der Waals surface area contributed by atoms with Crippen LogP contribution in [-0.2, 0) is 20.6 Å². The first kappa shape index (κ1) is 58.8. The number of non-ortho nitro benzene ring substituents is 2. The van der Waals surface area contributed by atoms with Gasteiger partial charge in [0.1, 0.15) is 35.7 Å². The molecular weight excluding hydrogens is 1150 g/mol. The minimum absolute atomic E-state index is 0.0125. The van der Waals surface area contributed by atoms with Crippen molar-refractivity contribution >= 4 is 79.3 Å². The summed E-state index contributed by atoms with van der Waals surface area (Å²) in [6, 6.07) is 86.0. The number of carbonyl (C=O) groups excluding carboxylic acids is 2. The van der Waals surface area contributed by atoms with E-state index >= 15 is 0 Å². The maximum Gasteiger partial charge on any atom is 0.414 e. The molecule has 88 heavy (non-hydrogen) atoms. The maximum atomic E-state index is 12.1. The molecule has 0 bridgehead atoms. The zero-order chi connectivity index (χ0) is 61.2. The van der Waals surface area contributed by atoms with E-state index in [1.165, 1.54) is 6.07 Å². The molecule has 1 aliphatic rings. The number of aromatic nitrogens is 4. The molecule has 2 N–H and O–H groups in total. The Kier molecular flexibility index (Phi) is 17.5. The summed E-state index contributed by atoms with van der Waals surface area (Å²) in [5.74, 6) is 0.290. The number of nitrogen functional groups attached to an aromatic ring is 1. The second-order valence-corrected chi connectivity index (χ2v) is 21.0. The van der Waals surface area contributed by atoms with Gasteiger partial charge in [0.15, 0.2) is 0 Å². The Hall–Kier alpha value is -10.9. The van der Waals surface area contributed by atoms with E-state index in [2.05, 4.69) is 77.5 Å². The Morgan fingerprint density at radius 2 is 0.864 bits per heavy atom. The van der Waals surface area contributed by atoms with Crippen LogP contribution in [0.5, 0.6) is 0 Å². The highest BCUT2D eigenvalue weighted by Gasteiger charge is 2.43. The molecule has 2 aromatic heterocycles. The Labute approximate surface area is 515 Å². The number of ether oxygens (including phenoxy) is 2. The second kappa shape index (κ2) is 26.1. The molecule has 1 amide bonds. The van der Waals surface area contributed by atoms with Crippen LogP contribution >= 0.6 is 23.2 Å². The number of hydrogen-bond donors (Lipinski definition) is 1. The molecule has 0 saturated carbocycles. The quantitative estimate of drug-likeness (QED) is 0.0255. The number of rotatable bonds is 15. The molecule has 0 unspecified atom stereocenters. The summed E-state index contributed by atoms with van der Waals surface area (Å²) in [6.07, 6.45) is -0.378. The Balaban J connectivity index is 0.000000165. The van der Waals surface area contributed by atoms with E-state index in [-0.39, 0.29) is 33.9 Å². The van der Waals surface area contributed by atoms with Gasteiger partial charge in [0.05, 0.1) is 33.3 Å². The van der Waals surface area contributed by atoms with Crippen LogP contribution in [0.25, 0.3) is 44.3 Å². The van der Waals surface area contributed by atoms with Crippen LogP contribution in [-0.4, -0.2) is 66.6 Å². The summed E-state index contributed by atoms with van der Waals surface area (Å²) >= 11 is 9.85. The average Bonchev–Trinajstić information content (AvgIpc) is 1.49. The number of amides is 1. The van der Waals surface area contributed by atoms with Crippen LogP contribution in [0.4, 0.5) is 32.3 Å². The molecule has 13 rings (SSSR count). The maximum absolute atomic E-state index is 12.1. The van der Waals surface area contributed by atoms with Gasteiger partial charge in [-0.05, 0) is 69.8 Å². The number of nitro benzene ring substituents is 2. The summed E-state index contributed by atoms with van der Waals surface area (Å²) < 4.78 is 13.3. The molecule has 436 valence electrons. The molecule has 0 radical (unpaired) electrons. The lowest BCUT2D eigenvalue weighted by atomic mass is 9.77. The van der Waals surface area contributed by atoms with E-state index in [4.69, 9.17) is 43.9 Å². The molecule has 12 aromatic rings. The molecule has 0 atom stereocenters. The van der Waals surface area contributed by atoms with E-state index in [0.29, 0.717) is 52.6 Å². The lowest BCUT2D eigenvalue weighted by Gasteiger charge is -2.37. The molecule has 16 nitrogen and oxygen atoms in total. The lowest BCUT2D eigenvalue weighted by molar-refractivity contribution is -0.384. The highest BCUT2D eigenvalue weighted by atomic mass is 35.5. The number of halogens is 2. The molecule has 1 fully saturated rings. The van der Waals surface area contributed by atoms with E-state index in [1.54, 1.807) is 35.2 Å². The standard InChI is InChI=1S/C35H26N4O4.C32H24N4O2.C3H4Cl2O2/c40-34-37(22-23-43-34)29-18-16-25(17-19-29)33-31-24-30(39(41)42)20-21-32(31)38(36-33)35(26-10-4-1-5-11-26,27-12-6-2-7-13-27)28-14-8-3-9-15-28;33-27-18-16-23(17-19-27)31-29-22-28(36(37)38)20-21-30(29)35(34-31)32(24-10-4-1-5-11-24,25-12-6-2-7-13-25)26-14-8-3-9-15-26;4-1-2-7-3(5)6/h1-21,24H,22-23H2;1-22H,33H2;1-2H2. The minimum atomic E-state index is -0.907. The fraction of sp³-hybridized carbons (Fsp3) is 0.0857. The lowest BCUT2D eigenvalue weighted by Crippen LogP contribution is -2.38. The molecule has 1 saturated heterocycles. The van der Waals surface area contributed by atoms with Crippen LogP contribution in [0.1, 0.15) is 33.4 Å². The van der Waals surface area contributed by atoms with E-state index in [1.807, 2.05) is 167 Å². The van der Waals surface area contributed by atoms with E-state index < -0.39 is 16.5 Å². The largest absolute Gasteiger partial charge is 0.452 e. The third-order valence-corrected chi connectivity index (χ3v) is 15.5. The summed E-state index contributed by atoms with van der Waals surface area (Å²) in [7, 11) is 0. The van der Waals surface area contributed by atoms with Gasteiger partial charge in [-0.1, -0.05) is 206 Å². The van der Waals surface area contributed by atoms with Crippen molar-refractivity contribution < 1.29 is 28.9 Å². The topological polar surface area (TPSA) is 204 Å². The number of alkyl halides is 1. The van der Waals surface area contributed by atoms with Crippen molar-refractivity contribution in [2.45, 2.75) is 11.1 Å². The summed E-state index contributed by atoms with van der Waals surface area (Å²) in [5.41, 5.74) is 15.1. The smallest absolute Gasteiger partial charge is 0.414 e. The molecule has 3 heterocycles. The Morgan fingerprint density at radius 3 is 1.15 bits per heavy atom. The number of nitrogens with two attached hydrogens (primary N) is 1. The van der Waals surface area contributed by atoms with Gasteiger partial charge in [0, 0.05) is 69.1 Å². The normalized spacial score (nSPS) is 12.1. The van der Waals surface area contributed by atoms with Gasteiger partial charge in [-0.3, -0.25) is 25.1 Å².